The van der Waals surface area contributed by atoms with Crippen LogP contribution >= 0.6 is 0 Å². The SMILES string of the molecule is CC(C)C[C@H](NC(=O)c1cc2cc(F)ccc2o1)C(=O)N([C@H]1CC[C@@H](C)NC[C@@H]1O)S(=O)(=O)c1ccc(C(F)(F)F)cn1. The first-order valence-electron chi connectivity index (χ1n) is 13.6. The highest BCUT2D eigenvalue weighted by molar-refractivity contribution is 7.89. The van der Waals surface area contributed by atoms with E-state index in [1.165, 1.54) is 12.1 Å². The van der Waals surface area contributed by atoms with Crippen LogP contribution in [-0.4, -0.2) is 65.4 Å². The number of amides is 2. The highest BCUT2D eigenvalue weighted by Gasteiger charge is 2.44. The van der Waals surface area contributed by atoms with Crippen LogP contribution < -0.4 is 10.6 Å². The Morgan fingerprint density at radius 1 is 1.19 bits per heavy atom. The quantitative estimate of drug-likeness (QED) is 0.320. The number of nitrogens with one attached hydrogen (secondary N) is 2. The van der Waals surface area contributed by atoms with E-state index in [-0.39, 0.29) is 48.1 Å². The van der Waals surface area contributed by atoms with Gasteiger partial charge in [-0.15, -0.1) is 0 Å². The standard InChI is InChI=1S/C28H32F4N4O6S/c1-15(2)10-20(35-26(38)24-12-17-11-19(29)6-8-23(17)42-24)27(39)36(21-7-4-16(3)33-14-22(21)37)43(40,41)25-9-5-18(13-34-25)28(30,31)32/h5-6,8-9,11-13,15-16,20-22,33,37H,4,7,10,14H2,1-3H3,(H,35,38)/t16-,20+,21+,22+/m1/s1. The Morgan fingerprint density at radius 2 is 1.91 bits per heavy atom. The fourth-order valence-corrected chi connectivity index (χ4v) is 6.50. The van der Waals surface area contributed by atoms with Crippen molar-refractivity contribution < 1.29 is 45.1 Å². The molecular formula is C28H32F4N4O6S. The van der Waals surface area contributed by atoms with Gasteiger partial charge in [-0.1, -0.05) is 13.8 Å². The largest absolute Gasteiger partial charge is 0.451 e. The van der Waals surface area contributed by atoms with Gasteiger partial charge in [0.1, 0.15) is 17.4 Å². The van der Waals surface area contributed by atoms with Crippen LogP contribution in [-0.2, 0) is 21.0 Å². The van der Waals surface area contributed by atoms with Crippen LogP contribution in [0.5, 0.6) is 0 Å². The molecule has 1 saturated heterocycles. The van der Waals surface area contributed by atoms with Crippen LogP contribution in [0.4, 0.5) is 17.6 Å². The van der Waals surface area contributed by atoms with Gasteiger partial charge in [0.25, 0.3) is 21.8 Å². The number of fused-ring (bicyclic) bond motifs is 1. The summed E-state index contributed by atoms with van der Waals surface area (Å²) in [4.78, 5) is 30.9. The highest BCUT2D eigenvalue weighted by atomic mass is 32.2. The number of sulfonamides is 1. The third-order valence-corrected chi connectivity index (χ3v) is 8.87. The van der Waals surface area contributed by atoms with Crippen LogP contribution in [0.25, 0.3) is 11.0 Å². The first-order chi connectivity index (χ1) is 20.1. The molecule has 4 rings (SSSR count). The fourth-order valence-electron chi connectivity index (χ4n) is 4.91. The molecule has 1 aromatic carbocycles. The van der Waals surface area contributed by atoms with Crippen LogP contribution in [0.1, 0.15) is 56.2 Å². The molecular weight excluding hydrogens is 596 g/mol. The monoisotopic (exact) mass is 628 g/mol. The minimum atomic E-state index is -4.93. The van der Waals surface area contributed by atoms with Crippen molar-refractivity contribution in [3.8, 4) is 0 Å². The van der Waals surface area contributed by atoms with Gasteiger partial charge in [0, 0.05) is 24.2 Å². The first-order valence-corrected chi connectivity index (χ1v) is 15.0. The number of carbonyl (C=O) groups is 2. The average molecular weight is 629 g/mol. The Kier molecular flexibility index (Phi) is 9.47. The fraction of sp³-hybridized carbons (Fsp3) is 0.464. The van der Waals surface area contributed by atoms with Gasteiger partial charge in [0.2, 0.25) is 0 Å². The number of furan rings is 1. The highest BCUT2D eigenvalue weighted by Crippen LogP contribution is 2.31. The van der Waals surface area contributed by atoms with E-state index in [1.807, 2.05) is 6.92 Å². The number of rotatable bonds is 8. The van der Waals surface area contributed by atoms with Gasteiger partial charge < -0.3 is 20.2 Å². The van der Waals surface area contributed by atoms with Gasteiger partial charge in [-0.05, 0) is 68.5 Å². The number of nitrogens with zero attached hydrogens (tertiary/aromatic N) is 2. The third-order valence-electron chi connectivity index (χ3n) is 7.13. The molecule has 3 aromatic rings. The lowest BCUT2D eigenvalue weighted by atomic mass is 10.0. The Hall–Kier alpha value is -3.56. The van der Waals surface area contributed by atoms with Crippen molar-refractivity contribution in [2.75, 3.05) is 6.54 Å². The van der Waals surface area contributed by atoms with E-state index < -0.39 is 62.6 Å². The molecule has 4 atom stereocenters. The zero-order chi connectivity index (χ0) is 31.7. The number of alkyl halides is 3. The second-order valence-corrected chi connectivity index (χ2v) is 12.8. The van der Waals surface area contributed by atoms with E-state index in [9.17, 15) is 40.7 Å². The number of aliphatic hydroxyl groups excluding tert-OH is 1. The molecule has 0 aliphatic carbocycles. The van der Waals surface area contributed by atoms with Gasteiger partial charge >= 0.3 is 6.18 Å². The van der Waals surface area contributed by atoms with Crippen molar-refractivity contribution in [3.63, 3.8) is 0 Å². The Bertz CT molecular complexity index is 1580. The van der Waals surface area contributed by atoms with Crippen molar-refractivity contribution in [2.45, 2.75) is 75.5 Å². The zero-order valence-electron chi connectivity index (χ0n) is 23.6. The number of aliphatic hydroxyl groups is 1. The van der Waals surface area contributed by atoms with E-state index >= 15 is 0 Å². The van der Waals surface area contributed by atoms with Crippen LogP contribution in [0.3, 0.4) is 0 Å². The van der Waals surface area contributed by atoms with Crippen molar-refractivity contribution in [2.24, 2.45) is 5.92 Å². The first kappa shape index (κ1) is 32.4. The summed E-state index contributed by atoms with van der Waals surface area (Å²) in [7, 11) is -4.93. The van der Waals surface area contributed by atoms with E-state index in [0.717, 1.165) is 12.1 Å². The summed E-state index contributed by atoms with van der Waals surface area (Å²) in [5, 5.41) is 15.9. The van der Waals surface area contributed by atoms with Gasteiger partial charge in [-0.3, -0.25) is 9.59 Å². The molecule has 1 fully saturated rings. The van der Waals surface area contributed by atoms with Crippen molar-refractivity contribution in [1.29, 1.82) is 0 Å². The number of carbonyl (C=O) groups excluding carboxylic acids is 2. The summed E-state index contributed by atoms with van der Waals surface area (Å²) in [6.07, 6.45) is -5.46. The molecule has 15 heteroatoms. The summed E-state index contributed by atoms with van der Waals surface area (Å²) in [6.45, 7) is 5.22. The molecule has 1 aliphatic heterocycles. The second kappa shape index (κ2) is 12.6. The zero-order valence-corrected chi connectivity index (χ0v) is 24.4. The number of hydrogen-bond donors (Lipinski definition) is 3. The third kappa shape index (κ3) is 7.33. The summed E-state index contributed by atoms with van der Waals surface area (Å²) < 4.78 is 86.9. The van der Waals surface area contributed by atoms with Gasteiger partial charge in [0.05, 0.1) is 17.7 Å². The molecule has 1 aliphatic rings. The van der Waals surface area contributed by atoms with E-state index in [0.29, 0.717) is 29.1 Å². The van der Waals surface area contributed by atoms with E-state index in [2.05, 4.69) is 15.6 Å². The molecule has 234 valence electrons. The summed E-state index contributed by atoms with van der Waals surface area (Å²) in [5.74, 6) is -3.04. The van der Waals surface area contributed by atoms with Gasteiger partial charge in [-0.25, -0.2) is 13.7 Å². The van der Waals surface area contributed by atoms with Crippen LogP contribution in [0, 0.1) is 11.7 Å². The Balaban J connectivity index is 1.74. The molecule has 0 unspecified atom stereocenters. The Labute approximate surface area is 245 Å². The minimum absolute atomic E-state index is 0.0262. The lowest BCUT2D eigenvalue weighted by Crippen LogP contribution is -2.57. The van der Waals surface area contributed by atoms with Gasteiger partial charge in [0.15, 0.2) is 10.8 Å². The van der Waals surface area contributed by atoms with E-state index in [4.69, 9.17) is 4.42 Å². The van der Waals surface area contributed by atoms with Crippen molar-refractivity contribution in [1.82, 2.24) is 19.9 Å². The maximum absolute atomic E-state index is 14.2. The molecule has 3 heterocycles. The van der Waals surface area contributed by atoms with Crippen molar-refractivity contribution >= 4 is 32.8 Å². The molecule has 0 radical (unpaired) electrons. The Morgan fingerprint density at radius 3 is 2.53 bits per heavy atom. The predicted molar refractivity (Wildman–Crippen MR) is 147 cm³/mol. The van der Waals surface area contributed by atoms with Crippen molar-refractivity contribution in [3.05, 3.63) is 59.7 Å². The lowest BCUT2D eigenvalue weighted by Gasteiger charge is -2.35. The number of pyridine rings is 1. The van der Waals surface area contributed by atoms with Crippen LogP contribution in [0.15, 0.2) is 52.0 Å². The molecule has 10 nitrogen and oxygen atoms in total. The lowest BCUT2D eigenvalue weighted by molar-refractivity contribution is -0.138. The number of aromatic nitrogens is 1. The number of halogens is 4. The maximum atomic E-state index is 14.2. The normalized spacial score (nSPS) is 20.5. The van der Waals surface area contributed by atoms with Crippen LogP contribution in [0.2, 0.25) is 0 Å². The average Bonchev–Trinajstić information content (AvgIpc) is 3.28. The smallest absolute Gasteiger partial charge is 0.417 e. The number of hydrogen-bond acceptors (Lipinski definition) is 8. The topological polar surface area (TPSA) is 142 Å². The molecule has 3 N–H and O–H groups in total. The van der Waals surface area contributed by atoms with Gasteiger partial charge in [-0.2, -0.15) is 21.6 Å². The molecule has 0 bridgehead atoms. The molecule has 0 spiro atoms. The summed E-state index contributed by atoms with van der Waals surface area (Å²) >= 11 is 0. The number of β-amino-alcohol motifs (C(OH)–C–C–N with tert-alkyl or cyclic N) is 1. The maximum Gasteiger partial charge on any atom is 0.417 e. The van der Waals surface area contributed by atoms with E-state index in [1.54, 1.807) is 13.8 Å². The molecule has 43 heavy (non-hydrogen) atoms. The minimum Gasteiger partial charge on any atom is -0.451 e. The summed E-state index contributed by atoms with van der Waals surface area (Å²) in [6, 6.07) is 3.17. The molecule has 0 saturated carbocycles. The molecule has 2 amide bonds. The number of benzene rings is 1. The summed E-state index contributed by atoms with van der Waals surface area (Å²) in [5.41, 5.74) is -0.980. The molecule has 2 aromatic heterocycles. The second-order valence-electron chi connectivity index (χ2n) is 11.0. The predicted octanol–water partition coefficient (Wildman–Crippen LogP) is 3.85.